The van der Waals surface area contributed by atoms with Gasteiger partial charge in [0.15, 0.2) is 0 Å². The second-order valence-corrected chi connectivity index (χ2v) is 6.59. The van der Waals surface area contributed by atoms with Crippen molar-refractivity contribution in [3.8, 4) is 5.75 Å². The minimum Gasteiger partial charge on any atom is -0.491 e. The van der Waals surface area contributed by atoms with Crippen LogP contribution in [0.3, 0.4) is 0 Å². The fourth-order valence-corrected chi connectivity index (χ4v) is 2.17. The summed E-state index contributed by atoms with van der Waals surface area (Å²) in [6.45, 7) is 6.95. The molecule has 0 bridgehead atoms. The lowest BCUT2D eigenvalue weighted by Gasteiger charge is -2.13. The van der Waals surface area contributed by atoms with E-state index in [1.54, 1.807) is 0 Å². The molecule has 3 N–H and O–H groups in total. The molecular weight excluding hydrogens is 278 g/mol. The molecule has 1 saturated carbocycles. The Bertz CT molecular complexity index is 415. The van der Waals surface area contributed by atoms with Crippen molar-refractivity contribution in [3.63, 3.8) is 0 Å². The lowest BCUT2D eigenvalue weighted by molar-refractivity contribution is -0.688. The summed E-state index contributed by atoms with van der Waals surface area (Å²) in [6, 6.07) is 8.57. The Kier molecular flexibility index (Phi) is 7.16. The molecule has 1 fully saturated rings. The van der Waals surface area contributed by atoms with E-state index in [2.05, 4.69) is 31.3 Å². The number of aliphatic hydroxyl groups is 1. The van der Waals surface area contributed by atoms with Crippen molar-refractivity contribution >= 4 is 0 Å². The molecule has 1 atom stereocenters. The maximum absolute atomic E-state index is 9.83. The SMILES string of the molecule is CC(C)[NH2+]CC(O)COc1ccc(CCOCC2CC2)cc1. The maximum Gasteiger partial charge on any atom is 0.137 e. The quantitative estimate of drug-likeness (QED) is 0.607. The van der Waals surface area contributed by atoms with E-state index in [4.69, 9.17) is 9.47 Å². The minimum atomic E-state index is -0.432. The van der Waals surface area contributed by atoms with Crippen LogP contribution in [-0.4, -0.2) is 43.6 Å². The number of rotatable bonds is 11. The van der Waals surface area contributed by atoms with Crippen molar-refractivity contribution in [1.29, 1.82) is 0 Å². The first-order chi connectivity index (χ1) is 10.6. The summed E-state index contributed by atoms with van der Waals surface area (Å²) in [4.78, 5) is 0. The summed E-state index contributed by atoms with van der Waals surface area (Å²) in [5.74, 6) is 1.64. The average Bonchev–Trinajstić information content (AvgIpc) is 3.33. The van der Waals surface area contributed by atoms with Gasteiger partial charge in [-0.15, -0.1) is 0 Å². The van der Waals surface area contributed by atoms with Crippen molar-refractivity contribution in [1.82, 2.24) is 0 Å². The second kappa shape index (κ2) is 9.13. The van der Waals surface area contributed by atoms with Crippen molar-refractivity contribution in [2.75, 3.05) is 26.4 Å². The van der Waals surface area contributed by atoms with E-state index in [9.17, 15) is 5.11 Å². The molecule has 0 amide bonds. The minimum absolute atomic E-state index is 0.340. The summed E-state index contributed by atoms with van der Waals surface area (Å²) in [7, 11) is 0. The molecule has 0 spiro atoms. The topological polar surface area (TPSA) is 55.3 Å². The highest BCUT2D eigenvalue weighted by Gasteiger charge is 2.20. The van der Waals surface area contributed by atoms with Gasteiger partial charge < -0.3 is 19.9 Å². The predicted octanol–water partition coefficient (Wildman–Crippen LogP) is 1.37. The van der Waals surface area contributed by atoms with Crippen LogP contribution in [0.25, 0.3) is 0 Å². The second-order valence-electron chi connectivity index (χ2n) is 6.59. The Morgan fingerprint density at radius 3 is 2.59 bits per heavy atom. The molecule has 0 heterocycles. The third-order valence-electron chi connectivity index (χ3n) is 3.83. The van der Waals surface area contributed by atoms with Crippen molar-refractivity contribution < 1.29 is 19.9 Å². The van der Waals surface area contributed by atoms with E-state index in [1.165, 1.54) is 18.4 Å². The molecule has 1 unspecified atom stereocenters. The van der Waals surface area contributed by atoms with E-state index in [1.807, 2.05) is 12.1 Å². The zero-order valence-electron chi connectivity index (χ0n) is 13.8. The number of aliphatic hydroxyl groups excluding tert-OH is 1. The number of ether oxygens (including phenoxy) is 2. The van der Waals surface area contributed by atoms with Crippen LogP contribution in [0.15, 0.2) is 24.3 Å². The van der Waals surface area contributed by atoms with E-state index in [-0.39, 0.29) is 0 Å². The van der Waals surface area contributed by atoms with Gasteiger partial charge in [0, 0.05) is 6.61 Å². The summed E-state index contributed by atoms with van der Waals surface area (Å²) in [6.07, 6.45) is 3.19. The van der Waals surface area contributed by atoms with Crippen LogP contribution in [-0.2, 0) is 11.2 Å². The van der Waals surface area contributed by atoms with Gasteiger partial charge in [-0.3, -0.25) is 0 Å². The van der Waals surface area contributed by atoms with Crippen LogP contribution >= 0.6 is 0 Å². The first-order valence-corrected chi connectivity index (χ1v) is 8.44. The predicted molar refractivity (Wildman–Crippen MR) is 87.1 cm³/mol. The van der Waals surface area contributed by atoms with Crippen molar-refractivity contribution in [2.24, 2.45) is 5.92 Å². The van der Waals surface area contributed by atoms with Crippen LogP contribution in [0, 0.1) is 5.92 Å². The van der Waals surface area contributed by atoms with E-state index in [0.717, 1.165) is 31.3 Å². The van der Waals surface area contributed by atoms with Gasteiger partial charge in [-0.2, -0.15) is 0 Å². The van der Waals surface area contributed by atoms with Gasteiger partial charge in [0.1, 0.15) is 25.0 Å². The van der Waals surface area contributed by atoms with Crippen LogP contribution in [0.1, 0.15) is 32.3 Å². The number of hydrogen-bond donors (Lipinski definition) is 2. The molecule has 1 aromatic rings. The van der Waals surface area contributed by atoms with Crippen LogP contribution in [0.4, 0.5) is 0 Å². The number of nitrogens with two attached hydrogens (primary N) is 1. The molecule has 0 radical (unpaired) electrons. The lowest BCUT2D eigenvalue weighted by atomic mass is 10.1. The molecule has 2 rings (SSSR count). The summed E-state index contributed by atoms with van der Waals surface area (Å²) < 4.78 is 11.3. The average molecular weight is 308 g/mol. The largest absolute Gasteiger partial charge is 0.491 e. The smallest absolute Gasteiger partial charge is 0.137 e. The first kappa shape index (κ1) is 17.3. The number of benzene rings is 1. The van der Waals surface area contributed by atoms with E-state index < -0.39 is 6.10 Å². The summed E-state index contributed by atoms with van der Waals surface area (Å²) in [5, 5.41) is 11.9. The Balaban J connectivity index is 1.60. The normalized spacial score (nSPS) is 16.0. The molecule has 1 aliphatic carbocycles. The fourth-order valence-electron chi connectivity index (χ4n) is 2.17. The van der Waals surface area contributed by atoms with Crippen LogP contribution in [0.5, 0.6) is 5.75 Å². The van der Waals surface area contributed by atoms with E-state index >= 15 is 0 Å². The Hall–Kier alpha value is -1.10. The van der Waals surface area contributed by atoms with Gasteiger partial charge in [0.2, 0.25) is 0 Å². The number of quaternary nitrogens is 1. The molecular formula is C18H30NO3+. The van der Waals surface area contributed by atoms with E-state index in [0.29, 0.717) is 19.2 Å². The molecule has 0 aromatic heterocycles. The maximum atomic E-state index is 9.83. The Labute approximate surface area is 133 Å². The molecule has 124 valence electrons. The molecule has 0 saturated heterocycles. The van der Waals surface area contributed by atoms with Gasteiger partial charge in [-0.1, -0.05) is 12.1 Å². The molecule has 0 aliphatic heterocycles. The van der Waals surface area contributed by atoms with Gasteiger partial charge in [-0.25, -0.2) is 0 Å². The van der Waals surface area contributed by atoms with Gasteiger partial charge in [0.05, 0.1) is 12.6 Å². The Morgan fingerprint density at radius 1 is 1.23 bits per heavy atom. The lowest BCUT2D eigenvalue weighted by Crippen LogP contribution is -2.90. The molecule has 1 aliphatic rings. The summed E-state index contributed by atoms with van der Waals surface area (Å²) >= 11 is 0. The fraction of sp³-hybridized carbons (Fsp3) is 0.667. The molecule has 22 heavy (non-hydrogen) atoms. The van der Waals surface area contributed by atoms with Gasteiger partial charge >= 0.3 is 0 Å². The van der Waals surface area contributed by atoms with Crippen molar-refractivity contribution in [3.05, 3.63) is 29.8 Å². The standard InChI is InChI=1S/C18H29NO3/c1-14(2)19-11-17(20)13-22-18-7-5-15(6-8-18)9-10-21-12-16-3-4-16/h5-8,14,16-17,19-20H,3-4,9-13H2,1-2H3/p+1. The highest BCUT2D eigenvalue weighted by molar-refractivity contribution is 5.27. The zero-order valence-corrected chi connectivity index (χ0v) is 13.8. The van der Waals surface area contributed by atoms with Crippen LogP contribution in [0.2, 0.25) is 0 Å². The summed E-state index contributed by atoms with van der Waals surface area (Å²) in [5.41, 5.74) is 1.26. The highest BCUT2D eigenvalue weighted by atomic mass is 16.5. The zero-order chi connectivity index (χ0) is 15.8. The van der Waals surface area contributed by atoms with Crippen molar-refractivity contribution in [2.45, 2.75) is 45.3 Å². The monoisotopic (exact) mass is 308 g/mol. The van der Waals surface area contributed by atoms with Gasteiger partial charge in [-0.05, 0) is 56.7 Å². The Morgan fingerprint density at radius 2 is 1.95 bits per heavy atom. The molecule has 1 aromatic carbocycles. The third kappa shape index (κ3) is 7.25. The first-order valence-electron chi connectivity index (χ1n) is 8.44. The highest BCUT2D eigenvalue weighted by Crippen LogP contribution is 2.28. The molecule has 4 nitrogen and oxygen atoms in total. The van der Waals surface area contributed by atoms with Crippen LogP contribution < -0.4 is 10.1 Å². The third-order valence-corrected chi connectivity index (χ3v) is 3.83. The molecule has 4 heteroatoms. The van der Waals surface area contributed by atoms with Gasteiger partial charge in [0.25, 0.3) is 0 Å². The number of hydrogen-bond acceptors (Lipinski definition) is 3.